The van der Waals surface area contributed by atoms with Crippen LogP contribution in [0, 0.1) is 0 Å². The van der Waals surface area contributed by atoms with Crippen LogP contribution in [0.3, 0.4) is 0 Å². The van der Waals surface area contributed by atoms with Crippen LogP contribution in [0.1, 0.15) is 87.5 Å². The van der Waals surface area contributed by atoms with Gasteiger partial charge in [-0.2, -0.15) is 0 Å². The number of nitrogens with one attached hydrogen (secondary N) is 1. The largest absolute Gasteiger partial charge is 0.481 e. The number of ether oxygens (including phenoxy) is 3. The minimum absolute atomic E-state index is 0.0299. The lowest BCUT2D eigenvalue weighted by atomic mass is 9.98. The number of aliphatic hydroxyl groups is 1. The minimum atomic E-state index is -0.999. The lowest BCUT2D eigenvalue weighted by Crippen LogP contribution is -2.45. The molecule has 2 saturated heterocycles. The van der Waals surface area contributed by atoms with Crippen molar-refractivity contribution in [3.8, 4) is 11.1 Å². The summed E-state index contributed by atoms with van der Waals surface area (Å²) in [5, 5.41) is 21.1. The SMILES string of the molecule is CC(C)(C)OC(=O)[C@@H]1CCCN1C[C@@H]1C[C@H](c2ccc(CO)cc2)O[C@H](c2ccc(-c3cccc(CNC(=O)CCC(=O)O)c3)cc2)O1. The van der Waals surface area contributed by atoms with Gasteiger partial charge in [0, 0.05) is 31.5 Å². The topological polar surface area (TPSA) is 135 Å². The number of carboxylic acids is 1. The second-order valence-electron chi connectivity index (χ2n) is 13.5. The molecule has 2 aliphatic heterocycles. The molecule has 4 atom stereocenters. The number of likely N-dealkylation sites (tertiary alicyclic amines) is 1. The van der Waals surface area contributed by atoms with Gasteiger partial charge in [0.15, 0.2) is 6.29 Å². The van der Waals surface area contributed by atoms with E-state index in [1.807, 2.05) is 93.6 Å². The Balaban J connectivity index is 1.30. The zero-order chi connectivity index (χ0) is 34.3. The number of hydrogen-bond donors (Lipinski definition) is 3. The standard InChI is InChI=1S/C38H46N2O8/c1-38(2,3)48-36(45)32-8-5-19-40(32)23-31-21-33(28-11-9-25(24-41)10-12-28)47-37(46-31)29-15-13-27(14-16-29)30-7-4-6-26(20-30)22-39-34(42)17-18-35(43)44/h4,6-7,9-16,20,31-33,37,41H,5,8,17-19,21-24H2,1-3H3,(H,39,42)(H,43,44)/t31-,32-,33+,37+/m0/s1. The molecule has 3 aromatic rings. The third-order valence-electron chi connectivity index (χ3n) is 8.59. The van der Waals surface area contributed by atoms with Crippen molar-refractivity contribution in [2.45, 2.75) is 96.2 Å². The number of carbonyl (C=O) groups is 3. The number of nitrogens with zero attached hydrogens (tertiary/aromatic N) is 1. The van der Waals surface area contributed by atoms with Crippen molar-refractivity contribution in [1.82, 2.24) is 10.2 Å². The van der Waals surface area contributed by atoms with Crippen molar-refractivity contribution in [1.29, 1.82) is 0 Å². The molecule has 2 heterocycles. The fourth-order valence-corrected chi connectivity index (χ4v) is 6.18. The zero-order valence-corrected chi connectivity index (χ0v) is 27.9. The summed E-state index contributed by atoms with van der Waals surface area (Å²) in [6.45, 7) is 7.31. The highest BCUT2D eigenvalue weighted by molar-refractivity contribution is 5.80. The molecule has 3 N–H and O–H groups in total. The van der Waals surface area contributed by atoms with E-state index in [0.29, 0.717) is 19.5 Å². The Morgan fingerprint density at radius 3 is 2.33 bits per heavy atom. The highest BCUT2D eigenvalue weighted by Gasteiger charge is 2.39. The molecule has 48 heavy (non-hydrogen) atoms. The van der Waals surface area contributed by atoms with Crippen LogP contribution in [0.15, 0.2) is 72.8 Å². The summed E-state index contributed by atoms with van der Waals surface area (Å²) < 4.78 is 18.9. The third-order valence-corrected chi connectivity index (χ3v) is 8.59. The molecule has 3 aromatic carbocycles. The van der Waals surface area contributed by atoms with E-state index in [-0.39, 0.29) is 49.6 Å². The predicted molar refractivity (Wildman–Crippen MR) is 179 cm³/mol. The predicted octanol–water partition coefficient (Wildman–Crippen LogP) is 5.68. The van der Waals surface area contributed by atoms with E-state index in [9.17, 15) is 19.5 Å². The van der Waals surface area contributed by atoms with Crippen LogP contribution < -0.4 is 5.32 Å². The van der Waals surface area contributed by atoms with Crippen molar-refractivity contribution in [3.05, 3.63) is 95.1 Å². The maximum atomic E-state index is 13.0. The van der Waals surface area contributed by atoms with Gasteiger partial charge in [0.05, 0.1) is 25.2 Å². The molecule has 0 unspecified atom stereocenters. The van der Waals surface area contributed by atoms with Gasteiger partial charge in [0.25, 0.3) is 0 Å². The van der Waals surface area contributed by atoms with Gasteiger partial charge in [-0.25, -0.2) is 0 Å². The molecule has 1 amide bonds. The summed E-state index contributed by atoms with van der Waals surface area (Å²) in [5.41, 5.74) is 5.01. The van der Waals surface area contributed by atoms with E-state index in [1.165, 1.54) is 0 Å². The second-order valence-corrected chi connectivity index (χ2v) is 13.5. The highest BCUT2D eigenvalue weighted by Crippen LogP contribution is 2.39. The molecule has 0 saturated carbocycles. The van der Waals surface area contributed by atoms with Crippen molar-refractivity contribution in [3.63, 3.8) is 0 Å². The number of rotatable bonds is 12. The molecular weight excluding hydrogens is 612 g/mol. The number of hydrogen-bond acceptors (Lipinski definition) is 8. The number of aliphatic hydroxyl groups excluding tert-OH is 1. The molecule has 0 bridgehead atoms. The van der Waals surface area contributed by atoms with Crippen molar-refractivity contribution in [2.75, 3.05) is 13.1 Å². The summed E-state index contributed by atoms with van der Waals surface area (Å²) in [5.74, 6) is -1.49. The molecule has 0 aromatic heterocycles. The van der Waals surface area contributed by atoms with Crippen LogP contribution in [0.5, 0.6) is 0 Å². The number of aliphatic carboxylic acids is 1. The van der Waals surface area contributed by atoms with Crippen LogP contribution in [0.4, 0.5) is 0 Å². The number of carboxylic acid groups (broad SMARTS) is 1. The van der Waals surface area contributed by atoms with Crippen LogP contribution >= 0.6 is 0 Å². The second kappa shape index (κ2) is 15.9. The zero-order valence-electron chi connectivity index (χ0n) is 27.9. The molecule has 2 aliphatic rings. The molecule has 0 radical (unpaired) electrons. The van der Waals surface area contributed by atoms with Crippen LogP contribution in [0.25, 0.3) is 11.1 Å². The number of benzene rings is 3. The van der Waals surface area contributed by atoms with Crippen molar-refractivity contribution < 1.29 is 38.8 Å². The van der Waals surface area contributed by atoms with E-state index in [1.54, 1.807) is 0 Å². The smallest absolute Gasteiger partial charge is 0.323 e. The van der Waals surface area contributed by atoms with Gasteiger partial charge in [0.1, 0.15) is 11.6 Å². The fraction of sp³-hybridized carbons (Fsp3) is 0.447. The summed E-state index contributed by atoms with van der Waals surface area (Å²) in [6, 6.07) is 23.3. The lowest BCUT2D eigenvalue weighted by molar-refractivity contribution is -0.253. The van der Waals surface area contributed by atoms with E-state index >= 15 is 0 Å². The van der Waals surface area contributed by atoms with E-state index in [4.69, 9.17) is 19.3 Å². The van der Waals surface area contributed by atoms with Crippen molar-refractivity contribution in [2.24, 2.45) is 0 Å². The quantitative estimate of drug-likeness (QED) is 0.210. The summed E-state index contributed by atoms with van der Waals surface area (Å²) in [7, 11) is 0. The Morgan fingerprint density at radius 2 is 1.65 bits per heavy atom. The molecule has 10 heteroatoms. The van der Waals surface area contributed by atoms with Gasteiger partial charge >= 0.3 is 11.9 Å². The Labute approximate surface area is 282 Å². The van der Waals surface area contributed by atoms with Crippen LogP contribution in [-0.2, 0) is 41.7 Å². The third kappa shape index (κ3) is 9.73. The summed E-state index contributed by atoms with van der Waals surface area (Å²) in [6.07, 6.45) is 0.965. The molecule has 10 nitrogen and oxygen atoms in total. The Bertz CT molecular complexity index is 1550. The normalized spacial score (nSPS) is 21.5. The monoisotopic (exact) mass is 658 g/mol. The van der Waals surface area contributed by atoms with Crippen LogP contribution in [-0.4, -0.2) is 63.8 Å². The number of amides is 1. The first-order valence-corrected chi connectivity index (χ1v) is 16.6. The summed E-state index contributed by atoms with van der Waals surface area (Å²) in [4.78, 5) is 38.0. The first-order chi connectivity index (χ1) is 23.0. The summed E-state index contributed by atoms with van der Waals surface area (Å²) >= 11 is 0. The molecule has 0 aliphatic carbocycles. The van der Waals surface area contributed by atoms with E-state index in [2.05, 4.69) is 10.2 Å². The van der Waals surface area contributed by atoms with Gasteiger partial charge in [-0.1, -0.05) is 66.7 Å². The first-order valence-electron chi connectivity index (χ1n) is 16.6. The average Bonchev–Trinajstić information content (AvgIpc) is 3.54. The molecule has 0 spiro atoms. The average molecular weight is 659 g/mol. The highest BCUT2D eigenvalue weighted by atomic mass is 16.7. The van der Waals surface area contributed by atoms with Crippen molar-refractivity contribution >= 4 is 17.8 Å². The van der Waals surface area contributed by atoms with Gasteiger partial charge in [-0.05, 0) is 74.0 Å². The number of carbonyl (C=O) groups excluding carboxylic acids is 2. The maximum absolute atomic E-state index is 13.0. The van der Waals surface area contributed by atoms with E-state index < -0.39 is 17.9 Å². The number of esters is 1. The molecule has 5 rings (SSSR count). The Hall–Kier alpha value is -4.09. The lowest BCUT2D eigenvalue weighted by Gasteiger charge is -2.38. The Morgan fingerprint density at radius 1 is 0.917 bits per heavy atom. The van der Waals surface area contributed by atoms with E-state index in [0.717, 1.165) is 52.8 Å². The van der Waals surface area contributed by atoms with Gasteiger partial charge in [-0.3, -0.25) is 19.3 Å². The molecular formula is C38H46N2O8. The first kappa shape index (κ1) is 35.2. The van der Waals surface area contributed by atoms with Gasteiger partial charge in [-0.15, -0.1) is 0 Å². The molecule has 2 fully saturated rings. The fourth-order valence-electron chi connectivity index (χ4n) is 6.18. The maximum Gasteiger partial charge on any atom is 0.323 e. The molecule has 256 valence electrons. The minimum Gasteiger partial charge on any atom is -0.481 e. The van der Waals surface area contributed by atoms with Crippen LogP contribution in [0.2, 0.25) is 0 Å². The van der Waals surface area contributed by atoms with Gasteiger partial charge < -0.3 is 29.7 Å². The van der Waals surface area contributed by atoms with Gasteiger partial charge in [0.2, 0.25) is 5.91 Å². The Kier molecular flexibility index (Phi) is 11.6.